The number of alkyl halides is 2. The molecule has 8 heteroatoms. The van der Waals surface area contributed by atoms with E-state index in [2.05, 4.69) is 15.0 Å². The number of methoxy groups -OCH3 is 1. The second-order valence-electron chi connectivity index (χ2n) is 7.88. The van der Waals surface area contributed by atoms with Crippen molar-refractivity contribution in [2.75, 3.05) is 26.8 Å². The summed E-state index contributed by atoms with van der Waals surface area (Å²) in [5.41, 5.74) is 2.35. The minimum Gasteiger partial charge on any atom is -0.493 e. The Morgan fingerprint density at radius 2 is 2.10 bits per heavy atom. The Labute approximate surface area is 180 Å². The number of fused-ring (bicyclic) bond motifs is 1. The van der Waals surface area contributed by atoms with Gasteiger partial charge in [0, 0.05) is 30.3 Å². The molecule has 1 unspecified atom stereocenters. The molecule has 2 aromatic heterocycles. The van der Waals surface area contributed by atoms with Crippen molar-refractivity contribution >= 4 is 11.1 Å². The molecule has 166 valence electrons. The average Bonchev–Trinajstić information content (AvgIpc) is 3.14. The molecule has 0 bridgehead atoms. The third kappa shape index (κ3) is 4.49. The lowest BCUT2D eigenvalue weighted by atomic mass is 9.92. The van der Waals surface area contributed by atoms with Gasteiger partial charge in [0.25, 0.3) is 12.1 Å². The molecule has 0 spiro atoms. The van der Waals surface area contributed by atoms with Crippen LogP contribution in [0.5, 0.6) is 11.5 Å². The van der Waals surface area contributed by atoms with Gasteiger partial charge in [-0.15, -0.1) is 0 Å². The smallest absolute Gasteiger partial charge is 0.264 e. The highest BCUT2D eigenvalue weighted by atomic mass is 19.3. The van der Waals surface area contributed by atoms with Crippen LogP contribution in [0.3, 0.4) is 0 Å². The van der Waals surface area contributed by atoms with E-state index in [1.165, 1.54) is 6.07 Å². The highest BCUT2D eigenvalue weighted by molar-refractivity contribution is 5.80. The first-order valence-electron chi connectivity index (χ1n) is 10.6. The van der Waals surface area contributed by atoms with Crippen LogP contribution in [0, 0.1) is 6.92 Å². The number of benzene rings is 1. The fourth-order valence-corrected chi connectivity index (χ4v) is 4.32. The fourth-order valence-electron chi connectivity index (χ4n) is 4.32. The molecule has 0 radical (unpaired) electrons. The number of likely N-dealkylation sites (tertiary alicyclic amines) is 1. The van der Waals surface area contributed by atoms with Gasteiger partial charge in [0.15, 0.2) is 11.5 Å². The van der Waals surface area contributed by atoms with Crippen LogP contribution < -0.4 is 9.47 Å². The first-order valence-corrected chi connectivity index (χ1v) is 10.6. The average molecular weight is 431 g/mol. The molecular weight excluding hydrogens is 404 g/mol. The Hall–Kier alpha value is -2.74. The molecule has 6 nitrogen and oxygen atoms in total. The molecule has 3 heterocycles. The lowest BCUT2D eigenvalue weighted by Gasteiger charge is -2.32. The maximum atomic E-state index is 13.7. The SMILES string of the molecule is CCOc1cc(CN2CCCC(c3cc(C(F)F)c4c(C)noc4n3)C2)ccc1OC. The standard InChI is InChI=1S/C23H27F2N3O3/c1-4-30-20-10-15(7-8-19(20)29-3)12-28-9-5-6-16(13-28)18-11-17(22(24)25)21-14(2)27-31-23(21)26-18/h7-8,10-11,16,22H,4-6,9,12-13H2,1-3H3. The van der Waals surface area contributed by atoms with Crippen LogP contribution in [0.25, 0.3) is 11.1 Å². The topological polar surface area (TPSA) is 60.6 Å². The predicted octanol–water partition coefficient (Wildman–Crippen LogP) is 5.26. The molecule has 31 heavy (non-hydrogen) atoms. The number of hydrogen-bond acceptors (Lipinski definition) is 6. The van der Waals surface area contributed by atoms with E-state index < -0.39 is 6.43 Å². The Morgan fingerprint density at radius 1 is 1.26 bits per heavy atom. The molecule has 0 aliphatic carbocycles. The normalized spacial score (nSPS) is 17.4. The van der Waals surface area contributed by atoms with Gasteiger partial charge < -0.3 is 14.0 Å². The molecule has 0 amide bonds. The van der Waals surface area contributed by atoms with Gasteiger partial charge >= 0.3 is 0 Å². The Kier molecular flexibility index (Phi) is 6.36. The molecule has 0 saturated carbocycles. The van der Waals surface area contributed by atoms with Crippen LogP contribution in [0.15, 0.2) is 28.8 Å². The Bertz CT molecular complexity index is 1050. The van der Waals surface area contributed by atoms with E-state index >= 15 is 0 Å². The van der Waals surface area contributed by atoms with E-state index in [0.717, 1.165) is 43.8 Å². The first kappa shape index (κ1) is 21.5. The van der Waals surface area contributed by atoms with E-state index in [-0.39, 0.29) is 17.2 Å². The summed E-state index contributed by atoms with van der Waals surface area (Å²) in [5.74, 6) is 1.50. The van der Waals surface area contributed by atoms with Crippen molar-refractivity contribution in [3.8, 4) is 11.5 Å². The van der Waals surface area contributed by atoms with Crippen molar-refractivity contribution in [3.63, 3.8) is 0 Å². The zero-order valence-electron chi connectivity index (χ0n) is 18.0. The summed E-state index contributed by atoms with van der Waals surface area (Å²) in [6.45, 7) is 6.59. The van der Waals surface area contributed by atoms with Crippen LogP contribution in [0.1, 0.15) is 54.6 Å². The zero-order valence-corrected chi connectivity index (χ0v) is 18.0. The highest BCUT2D eigenvalue weighted by Gasteiger charge is 2.27. The van der Waals surface area contributed by atoms with Crippen molar-refractivity contribution in [1.82, 2.24) is 15.0 Å². The van der Waals surface area contributed by atoms with Crippen LogP contribution >= 0.6 is 0 Å². The van der Waals surface area contributed by atoms with Crippen molar-refractivity contribution in [3.05, 3.63) is 46.8 Å². The number of pyridine rings is 1. The second-order valence-corrected chi connectivity index (χ2v) is 7.88. The molecule has 1 aliphatic rings. The number of aromatic nitrogens is 2. The first-order chi connectivity index (χ1) is 15.0. The molecule has 4 rings (SSSR count). The van der Waals surface area contributed by atoms with E-state index in [9.17, 15) is 8.78 Å². The number of rotatable bonds is 7. The minimum atomic E-state index is -2.60. The van der Waals surface area contributed by atoms with Gasteiger partial charge in [-0.25, -0.2) is 13.8 Å². The van der Waals surface area contributed by atoms with Crippen LogP contribution in [-0.4, -0.2) is 41.8 Å². The molecule has 3 aromatic rings. The summed E-state index contributed by atoms with van der Waals surface area (Å²) in [5, 5.41) is 4.16. The van der Waals surface area contributed by atoms with Crippen LogP contribution in [0.2, 0.25) is 0 Å². The van der Waals surface area contributed by atoms with Gasteiger partial charge in [0.1, 0.15) is 0 Å². The van der Waals surface area contributed by atoms with Gasteiger partial charge in [0.05, 0.1) is 24.8 Å². The van der Waals surface area contributed by atoms with E-state index in [0.29, 0.717) is 29.1 Å². The molecule has 1 aromatic carbocycles. The quantitative estimate of drug-likeness (QED) is 0.509. The van der Waals surface area contributed by atoms with Gasteiger partial charge in [-0.05, 0) is 57.0 Å². The Balaban J connectivity index is 1.55. The Morgan fingerprint density at radius 3 is 2.84 bits per heavy atom. The van der Waals surface area contributed by atoms with Crippen LogP contribution in [0.4, 0.5) is 8.78 Å². The van der Waals surface area contributed by atoms with E-state index in [4.69, 9.17) is 14.0 Å². The number of piperidine rings is 1. The monoisotopic (exact) mass is 431 g/mol. The van der Waals surface area contributed by atoms with Gasteiger partial charge in [0.2, 0.25) is 0 Å². The van der Waals surface area contributed by atoms with Gasteiger partial charge in [-0.2, -0.15) is 0 Å². The van der Waals surface area contributed by atoms with Crippen LogP contribution in [-0.2, 0) is 6.54 Å². The number of nitrogens with zero attached hydrogens (tertiary/aromatic N) is 3. The van der Waals surface area contributed by atoms with Crippen molar-refractivity contribution in [1.29, 1.82) is 0 Å². The summed E-state index contributed by atoms with van der Waals surface area (Å²) in [7, 11) is 1.63. The fraction of sp³-hybridized carbons (Fsp3) is 0.478. The predicted molar refractivity (Wildman–Crippen MR) is 113 cm³/mol. The zero-order chi connectivity index (χ0) is 22.0. The lowest BCUT2D eigenvalue weighted by molar-refractivity contribution is 0.152. The number of aryl methyl sites for hydroxylation is 1. The lowest BCUT2D eigenvalue weighted by Crippen LogP contribution is -2.34. The van der Waals surface area contributed by atoms with Gasteiger partial charge in [-0.3, -0.25) is 4.90 Å². The number of ether oxygens (including phenoxy) is 2. The third-order valence-corrected chi connectivity index (χ3v) is 5.76. The summed E-state index contributed by atoms with van der Waals surface area (Å²) >= 11 is 0. The summed E-state index contributed by atoms with van der Waals surface area (Å²) in [6.07, 6.45) is -0.728. The molecule has 1 aliphatic heterocycles. The summed E-state index contributed by atoms with van der Waals surface area (Å²) in [4.78, 5) is 6.86. The number of halogens is 2. The largest absolute Gasteiger partial charge is 0.493 e. The van der Waals surface area contributed by atoms with E-state index in [1.54, 1.807) is 14.0 Å². The third-order valence-electron chi connectivity index (χ3n) is 5.76. The van der Waals surface area contributed by atoms with E-state index in [1.807, 2.05) is 25.1 Å². The molecule has 1 atom stereocenters. The number of hydrogen-bond donors (Lipinski definition) is 0. The van der Waals surface area contributed by atoms with Crippen molar-refractivity contribution in [2.45, 2.75) is 45.6 Å². The van der Waals surface area contributed by atoms with Crippen molar-refractivity contribution in [2.24, 2.45) is 0 Å². The molecule has 0 N–H and O–H groups in total. The molecule has 1 saturated heterocycles. The molecule has 1 fully saturated rings. The summed E-state index contributed by atoms with van der Waals surface area (Å²) in [6, 6.07) is 7.48. The maximum Gasteiger partial charge on any atom is 0.264 e. The minimum absolute atomic E-state index is 0.0487. The maximum absolute atomic E-state index is 13.7. The highest BCUT2D eigenvalue weighted by Crippen LogP contribution is 2.35. The molecular formula is C23H27F2N3O3. The summed E-state index contributed by atoms with van der Waals surface area (Å²) < 4.78 is 43.7. The second kappa shape index (κ2) is 9.18. The van der Waals surface area contributed by atoms with Crippen molar-refractivity contribution < 1.29 is 22.8 Å². The van der Waals surface area contributed by atoms with Gasteiger partial charge in [-0.1, -0.05) is 11.2 Å².